The lowest BCUT2D eigenvalue weighted by molar-refractivity contribution is -0.143. The third kappa shape index (κ3) is 6.99. The molecule has 0 heterocycles. The van der Waals surface area contributed by atoms with Crippen LogP contribution in [0.15, 0.2) is 60.7 Å². The molecule has 2 N–H and O–H groups in total. The van der Waals surface area contributed by atoms with Gasteiger partial charge in [0, 0.05) is 37.6 Å². The average Bonchev–Trinajstić information content (AvgIpc) is 2.82. The molecule has 2 amide bonds. The van der Waals surface area contributed by atoms with Crippen LogP contribution in [-0.4, -0.2) is 25.9 Å². The number of carbonyl (C=O) groups excluding carboxylic acids is 2. The van der Waals surface area contributed by atoms with Crippen LogP contribution in [0, 0.1) is 5.82 Å². The molecule has 0 radical (unpaired) electrons. The molecule has 0 atom stereocenters. The predicted octanol–water partition coefficient (Wildman–Crippen LogP) is 6.11. The highest BCUT2D eigenvalue weighted by Crippen LogP contribution is 2.36. The lowest BCUT2D eigenvalue weighted by atomic mass is 10.0. The number of amides is 2. The summed E-state index contributed by atoms with van der Waals surface area (Å²) in [4.78, 5) is 27.1. The molecule has 12 heteroatoms. The predicted molar refractivity (Wildman–Crippen MR) is 123 cm³/mol. The van der Waals surface area contributed by atoms with Crippen LogP contribution in [0.25, 0.3) is 0 Å². The van der Waals surface area contributed by atoms with Gasteiger partial charge in [0.25, 0.3) is 11.8 Å². The standard InChI is InChI=1S/C25H20F7N3O2/c1-35(2)21-8-7-19(12-20(21)23(37)33-13-14-3-5-18(26)6-4-14)34-22(36)15-9-16(24(27,28)29)11-17(10-15)25(30,31)32/h3-12H,13H2,1-2H3,(H,33,37)(H,34,36). The van der Waals surface area contributed by atoms with E-state index in [-0.39, 0.29) is 23.9 Å². The summed E-state index contributed by atoms with van der Waals surface area (Å²) in [7, 11) is 3.29. The van der Waals surface area contributed by atoms with Crippen molar-refractivity contribution in [3.05, 3.63) is 94.3 Å². The van der Waals surface area contributed by atoms with Gasteiger partial charge in [-0.05, 0) is 54.1 Å². The number of hydrogen-bond donors (Lipinski definition) is 2. The van der Waals surface area contributed by atoms with Crippen molar-refractivity contribution in [3.8, 4) is 0 Å². The van der Waals surface area contributed by atoms with E-state index in [4.69, 9.17) is 0 Å². The van der Waals surface area contributed by atoms with Crippen molar-refractivity contribution < 1.29 is 40.3 Å². The summed E-state index contributed by atoms with van der Waals surface area (Å²) in [6, 6.07) is 9.99. The van der Waals surface area contributed by atoms with Gasteiger partial charge in [-0.3, -0.25) is 9.59 Å². The highest BCUT2D eigenvalue weighted by molar-refractivity contribution is 6.06. The fraction of sp³-hybridized carbons (Fsp3) is 0.200. The molecule has 0 spiro atoms. The van der Waals surface area contributed by atoms with Gasteiger partial charge in [-0.1, -0.05) is 12.1 Å². The number of rotatable bonds is 6. The van der Waals surface area contributed by atoms with Crippen LogP contribution in [0.3, 0.4) is 0 Å². The van der Waals surface area contributed by atoms with Crippen molar-refractivity contribution in [2.24, 2.45) is 0 Å². The van der Waals surface area contributed by atoms with Gasteiger partial charge < -0.3 is 15.5 Å². The summed E-state index contributed by atoms with van der Waals surface area (Å²) in [6.07, 6.45) is -10.2. The highest BCUT2D eigenvalue weighted by Gasteiger charge is 2.37. The number of carbonyl (C=O) groups is 2. The first-order chi connectivity index (χ1) is 17.1. The molecule has 37 heavy (non-hydrogen) atoms. The van der Waals surface area contributed by atoms with Crippen molar-refractivity contribution in [3.63, 3.8) is 0 Å². The number of alkyl halides is 6. The Balaban J connectivity index is 1.88. The Labute approximate surface area is 206 Å². The van der Waals surface area contributed by atoms with Gasteiger partial charge in [-0.15, -0.1) is 0 Å². The topological polar surface area (TPSA) is 61.4 Å². The van der Waals surface area contributed by atoms with E-state index in [9.17, 15) is 40.3 Å². The van der Waals surface area contributed by atoms with E-state index in [2.05, 4.69) is 10.6 Å². The van der Waals surface area contributed by atoms with Crippen LogP contribution in [0.1, 0.15) is 37.4 Å². The lowest BCUT2D eigenvalue weighted by Gasteiger charge is -2.19. The van der Waals surface area contributed by atoms with Crippen molar-refractivity contribution >= 4 is 23.2 Å². The summed E-state index contributed by atoms with van der Waals surface area (Å²) >= 11 is 0. The summed E-state index contributed by atoms with van der Waals surface area (Å²) in [5.74, 6) is -2.26. The van der Waals surface area contributed by atoms with Crippen LogP contribution in [0.2, 0.25) is 0 Å². The van der Waals surface area contributed by atoms with E-state index in [0.717, 1.165) is 0 Å². The fourth-order valence-corrected chi connectivity index (χ4v) is 3.35. The van der Waals surface area contributed by atoms with Gasteiger partial charge in [-0.2, -0.15) is 26.3 Å². The van der Waals surface area contributed by atoms with Crippen LogP contribution in [-0.2, 0) is 18.9 Å². The second-order valence-electron chi connectivity index (χ2n) is 8.18. The molecule has 0 saturated carbocycles. The Bertz CT molecular complexity index is 1270. The molecular formula is C25H20F7N3O2. The summed E-state index contributed by atoms with van der Waals surface area (Å²) in [6.45, 7) is 0.0486. The van der Waals surface area contributed by atoms with Crippen molar-refractivity contribution in [1.29, 1.82) is 0 Å². The van der Waals surface area contributed by atoms with Gasteiger partial charge in [0.05, 0.1) is 16.7 Å². The Hall–Kier alpha value is -4.09. The van der Waals surface area contributed by atoms with E-state index in [1.165, 1.54) is 42.5 Å². The summed E-state index contributed by atoms with van der Waals surface area (Å²) < 4.78 is 91.9. The minimum atomic E-state index is -5.11. The van der Waals surface area contributed by atoms with E-state index < -0.39 is 46.7 Å². The van der Waals surface area contributed by atoms with Crippen LogP contribution in [0.4, 0.5) is 42.1 Å². The zero-order valence-electron chi connectivity index (χ0n) is 19.4. The lowest BCUT2D eigenvalue weighted by Crippen LogP contribution is -2.26. The maximum absolute atomic E-state index is 13.1. The zero-order chi connectivity index (χ0) is 27.5. The molecule has 5 nitrogen and oxygen atoms in total. The molecule has 3 aromatic rings. The number of hydrogen-bond acceptors (Lipinski definition) is 3. The summed E-state index contributed by atoms with van der Waals surface area (Å²) in [5.41, 5.74) is -3.05. The number of nitrogens with zero attached hydrogens (tertiary/aromatic N) is 1. The molecule has 0 bridgehead atoms. The minimum Gasteiger partial charge on any atom is -0.377 e. The Kier molecular flexibility index (Phi) is 7.80. The maximum atomic E-state index is 13.1. The van der Waals surface area contributed by atoms with Crippen molar-refractivity contribution in [2.75, 3.05) is 24.3 Å². The molecule has 0 fully saturated rings. The third-order valence-corrected chi connectivity index (χ3v) is 5.20. The molecule has 3 rings (SSSR count). The second-order valence-corrected chi connectivity index (χ2v) is 8.18. The molecule has 3 aromatic carbocycles. The highest BCUT2D eigenvalue weighted by atomic mass is 19.4. The van der Waals surface area contributed by atoms with Crippen LogP contribution >= 0.6 is 0 Å². The number of halogens is 7. The molecule has 0 saturated heterocycles. The van der Waals surface area contributed by atoms with E-state index in [0.29, 0.717) is 23.4 Å². The second kappa shape index (κ2) is 10.5. The molecule has 0 aliphatic heterocycles. The molecule has 0 aliphatic rings. The van der Waals surface area contributed by atoms with Gasteiger partial charge in [0.15, 0.2) is 0 Å². The van der Waals surface area contributed by atoms with Crippen LogP contribution in [0.5, 0.6) is 0 Å². The molecule has 0 aromatic heterocycles. The quantitative estimate of drug-likeness (QED) is 0.381. The Morgan fingerprint density at radius 1 is 0.784 bits per heavy atom. The first-order valence-electron chi connectivity index (χ1n) is 10.6. The molecule has 196 valence electrons. The third-order valence-electron chi connectivity index (χ3n) is 5.20. The maximum Gasteiger partial charge on any atom is 0.416 e. The Morgan fingerprint density at radius 2 is 1.35 bits per heavy atom. The first-order valence-corrected chi connectivity index (χ1v) is 10.6. The average molecular weight is 527 g/mol. The van der Waals surface area contributed by atoms with Crippen molar-refractivity contribution in [2.45, 2.75) is 18.9 Å². The van der Waals surface area contributed by atoms with Gasteiger partial charge in [-0.25, -0.2) is 4.39 Å². The molecule has 0 aliphatic carbocycles. The first kappa shape index (κ1) is 27.5. The van der Waals surface area contributed by atoms with Crippen LogP contribution < -0.4 is 15.5 Å². The van der Waals surface area contributed by atoms with Gasteiger partial charge in [0.1, 0.15) is 5.82 Å². The fourth-order valence-electron chi connectivity index (χ4n) is 3.35. The summed E-state index contributed by atoms with van der Waals surface area (Å²) in [5, 5.41) is 4.88. The normalized spacial score (nSPS) is 11.7. The van der Waals surface area contributed by atoms with E-state index in [1.54, 1.807) is 19.0 Å². The number of benzene rings is 3. The number of anilines is 2. The Morgan fingerprint density at radius 3 is 1.86 bits per heavy atom. The van der Waals surface area contributed by atoms with Gasteiger partial charge in [0.2, 0.25) is 0 Å². The molecule has 0 unspecified atom stereocenters. The van der Waals surface area contributed by atoms with E-state index in [1.807, 2.05) is 0 Å². The van der Waals surface area contributed by atoms with E-state index >= 15 is 0 Å². The minimum absolute atomic E-state index is 0.0338. The smallest absolute Gasteiger partial charge is 0.377 e. The van der Waals surface area contributed by atoms with Gasteiger partial charge >= 0.3 is 12.4 Å². The molecular weight excluding hydrogens is 507 g/mol. The number of nitrogens with one attached hydrogen (secondary N) is 2. The monoisotopic (exact) mass is 527 g/mol. The van der Waals surface area contributed by atoms with Crippen molar-refractivity contribution in [1.82, 2.24) is 5.32 Å². The zero-order valence-corrected chi connectivity index (χ0v) is 19.4. The SMILES string of the molecule is CN(C)c1ccc(NC(=O)c2cc(C(F)(F)F)cc(C(F)(F)F)c2)cc1C(=O)NCc1ccc(F)cc1. The largest absolute Gasteiger partial charge is 0.416 e.